The average molecular weight is 1370 g/mol. The average Bonchev–Trinajstić information content (AvgIpc) is 1.56. The zero-order valence-corrected chi connectivity index (χ0v) is 59.4. The molecular weight excluding hydrogens is 1290 g/mol. The smallest absolute Gasteiger partial charge is 0.0543 e. The molecule has 0 saturated carbocycles. The summed E-state index contributed by atoms with van der Waals surface area (Å²) in [4.78, 5) is 4.97. The Morgan fingerprint density at radius 1 is 0.206 bits per heavy atom. The number of nitrogens with zero attached hydrogens (tertiary/aromatic N) is 4. The van der Waals surface area contributed by atoms with Crippen molar-refractivity contribution in [2.75, 3.05) is 9.80 Å². The van der Waals surface area contributed by atoms with Crippen LogP contribution in [-0.4, -0.2) is 9.13 Å². The van der Waals surface area contributed by atoms with Gasteiger partial charge in [0.15, 0.2) is 0 Å². The van der Waals surface area contributed by atoms with Crippen LogP contribution in [0.1, 0.15) is 25.0 Å². The highest BCUT2D eigenvalue weighted by Gasteiger charge is 2.39. The number of aromatic nitrogens is 2. The number of anilines is 6. The lowest BCUT2D eigenvalue weighted by molar-refractivity contribution is 0.661. The molecule has 17 aromatic carbocycles. The van der Waals surface area contributed by atoms with E-state index in [-0.39, 0.29) is 0 Å². The van der Waals surface area contributed by atoms with E-state index in [9.17, 15) is 0 Å². The van der Waals surface area contributed by atoms with Crippen LogP contribution < -0.4 is 9.80 Å². The van der Waals surface area contributed by atoms with Gasteiger partial charge < -0.3 is 18.9 Å². The van der Waals surface area contributed by atoms with Crippen molar-refractivity contribution in [2.45, 2.75) is 19.3 Å². The van der Waals surface area contributed by atoms with Crippen LogP contribution in [0.3, 0.4) is 0 Å². The summed E-state index contributed by atoms with van der Waals surface area (Å²) in [6.45, 7) is 4.87. The SMILES string of the molecule is CC1(C)c2cc(N(c3ccc(-c4ccccc4)cc3)c3cccc(-n4c5ccc(-c6ccccc6)cc5c5cc(-c6ccccc6)ccc54)c3)ccc2-c2c1cc(N(c1ccc(-c3ccccc3)cc1)c1cccc(-n3c4ccc(-c5ccccc5)cc4c4cc(-c5ccccc5)ccc43)c1)c1ccccc21. The Kier molecular flexibility index (Phi) is 15.2. The van der Waals surface area contributed by atoms with E-state index in [0.29, 0.717) is 0 Å². The van der Waals surface area contributed by atoms with Gasteiger partial charge in [-0.1, -0.05) is 287 Å². The Morgan fingerprint density at radius 2 is 0.514 bits per heavy atom. The van der Waals surface area contributed by atoms with Crippen molar-refractivity contribution in [3.8, 4) is 89.3 Å². The number of hydrogen-bond acceptors (Lipinski definition) is 2. The van der Waals surface area contributed by atoms with E-state index >= 15 is 0 Å². The molecule has 0 aliphatic heterocycles. The van der Waals surface area contributed by atoms with Gasteiger partial charge in [0.1, 0.15) is 0 Å². The van der Waals surface area contributed by atoms with Gasteiger partial charge in [-0.25, -0.2) is 0 Å². The topological polar surface area (TPSA) is 16.3 Å². The summed E-state index contributed by atoms with van der Waals surface area (Å²) in [7, 11) is 0. The maximum absolute atomic E-state index is 2.52. The second-order valence-electron chi connectivity index (χ2n) is 28.8. The molecule has 0 spiro atoms. The fraction of sp³-hybridized carbons (Fsp3) is 0.0291. The molecule has 4 heteroatoms. The summed E-state index contributed by atoms with van der Waals surface area (Å²) in [6.07, 6.45) is 0. The number of benzene rings is 17. The normalized spacial score (nSPS) is 12.3. The molecule has 0 N–H and O–H groups in total. The van der Waals surface area contributed by atoms with Crippen LogP contribution in [0.5, 0.6) is 0 Å². The predicted octanol–water partition coefficient (Wildman–Crippen LogP) is 28.3. The van der Waals surface area contributed by atoms with Gasteiger partial charge in [0, 0.05) is 72.2 Å². The Balaban J connectivity index is 0.741. The van der Waals surface area contributed by atoms with Crippen molar-refractivity contribution in [2.24, 2.45) is 0 Å². The molecule has 107 heavy (non-hydrogen) atoms. The third-order valence-corrected chi connectivity index (χ3v) is 22.3. The molecule has 2 heterocycles. The van der Waals surface area contributed by atoms with Crippen LogP contribution in [-0.2, 0) is 5.41 Å². The molecule has 4 nitrogen and oxygen atoms in total. The molecule has 504 valence electrons. The third-order valence-electron chi connectivity index (χ3n) is 22.3. The summed E-state index contributed by atoms with van der Waals surface area (Å²) in [6, 6.07) is 148. The van der Waals surface area contributed by atoms with Crippen LogP contribution in [0.4, 0.5) is 34.1 Å². The first kappa shape index (κ1) is 62.9. The highest BCUT2D eigenvalue weighted by atomic mass is 15.2. The Labute approximate surface area is 623 Å². The zero-order chi connectivity index (χ0) is 71.1. The maximum Gasteiger partial charge on any atom is 0.0543 e. The molecular formula is C103H72N4. The second-order valence-corrected chi connectivity index (χ2v) is 28.8. The standard InChI is InChI=1S/C103H72N4/c1-103(2)95-67-87(104(81-51-43-75(44-52-81)69-25-9-3-10-26-69)83-37-23-39-85(65-83)106-97-57-47-77(71-29-13-5-14-30-71)61-91(97)92-62-78(48-58-98(92)106)72-31-15-6-16-32-72)55-56-90(95)102-89-42-22-21-41-88(89)101(68-96(102)103)105(82-53-45-76(46-54-82)70-27-11-4-12-28-70)84-38-24-40-86(66-84)107-99-59-49-79(73-33-17-7-18-34-73)63-93(99)94-64-80(50-60-100(94)107)74-35-19-8-20-36-74/h3-68H,1-2H3. The molecule has 0 radical (unpaired) electrons. The molecule has 0 fully saturated rings. The predicted molar refractivity (Wildman–Crippen MR) is 452 cm³/mol. The van der Waals surface area contributed by atoms with Gasteiger partial charge in [0.05, 0.1) is 27.8 Å². The maximum atomic E-state index is 2.52. The summed E-state index contributed by atoms with van der Waals surface area (Å²) >= 11 is 0. The lowest BCUT2D eigenvalue weighted by atomic mass is 9.81. The highest BCUT2D eigenvalue weighted by molar-refractivity contribution is 6.14. The van der Waals surface area contributed by atoms with Crippen molar-refractivity contribution < 1.29 is 0 Å². The molecule has 1 aliphatic carbocycles. The third kappa shape index (κ3) is 10.9. The van der Waals surface area contributed by atoms with Gasteiger partial charge >= 0.3 is 0 Å². The van der Waals surface area contributed by atoms with Crippen molar-refractivity contribution in [3.63, 3.8) is 0 Å². The number of hydrogen-bond donors (Lipinski definition) is 0. The summed E-state index contributed by atoms with van der Waals surface area (Å²) in [5, 5.41) is 7.22. The summed E-state index contributed by atoms with van der Waals surface area (Å²) < 4.78 is 4.93. The van der Waals surface area contributed by atoms with Gasteiger partial charge in [-0.3, -0.25) is 0 Å². The molecule has 2 aromatic heterocycles. The fourth-order valence-corrected chi connectivity index (χ4v) is 17.0. The van der Waals surface area contributed by atoms with Crippen molar-refractivity contribution in [1.29, 1.82) is 0 Å². The molecule has 0 saturated heterocycles. The van der Waals surface area contributed by atoms with Gasteiger partial charge in [-0.2, -0.15) is 0 Å². The molecule has 0 unspecified atom stereocenters. The molecule has 1 aliphatic rings. The molecule has 20 rings (SSSR count). The van der Waals surface area contributed by atoms with Gasteiger partial charge in [-0.05, 0) is 222 Å². The monoisotopic (exact) mass is 1360 g/mol. The van der Waals surface area contributed by atoms with Gasteiger partial charge in [0.2, 0.25) is 0 Å². The minimum absolute atomic E-state index is 0.449. The zero-order valence-electron chi connectivity index (χ0n) is 59.4. The van der Waals surface area contributed by atoms with Gasteiger partial charge in [-0.15, -0.1) is 0 Å². The van der Waals surface area contributed by atoms with E-state index in [4.69, 9.17) is 0 Å². The summed E-state index contributed by atoms with van der Waals surface area (Å²) in [5.74, 6) is 0. The van der Waals surface area contributed by atoms with Crippen molar-refractivity contribution in [3.05, 3.63) is 412 Å². The first-order chi connectivity index (χ1) is 52.8. The van der Waals surface area contributed by atoms with E-state index in [1.165, 1.54) is 121 Å². The first-order valence-electron chi connectivity index (χ1n) is 37.0. The lowest BCUT2D eigenvalue weighted by Crippen LogP contribution is -2.18. The Hall–Kier alpha value is -13.8. The first-order valence-corrected chi connectivity index (χ1v) is 37.0. The molecule has 0 bridgehead atoms. The van der Waals surface area contributed by atoms with Crippen LogP contribution in [0, 0.1) is 0 Å². The van der Waals surface area contributed by atoms with E-state index in [2.05, 4.69) is 433 Å². The molecule has 0 amide bonds. The van der Waals surface area contributed by atoms with Crippen molar-refractivity contribution >= 4 is 88.5 Å². The molecule has 19 aromatic rings. The van der Waals surface area contributed by atoms with E-state index < -0.39 is 5.41 Å². The fourth-order valence-electron chi connectivity index (χ4n) is 17.0. The molecule has 0 atom stereocenters. The number of fused-ring (bicyclic) bond motifs is 11. The highest BCUT2D eigenvalue weighted by Crippen LogP contribution is 2.57. The minimum atomic E-state index is -0.449. The Bertz CT molecular complexity index is 6410. The van der Waals surface area contributed by atoms with Crippen molar-refractivity contribution in [1.82, 2.24) is 9.13 Å². The Morgan fingerprint density at radius 3 is 0.907 bits per heavy atom. The summed E-state index contributed by atoms with van der Waals surface area (Å²) in [5.41, 5.74) is 32.1. The van der Waals surface area contributed by atoms with Crippen LogP contribution in [0.15, 0.2) is 400 Å². The number of rotatable bonds is 14. The quantitative estimate of drug-likeness (QED) is 0.108. The largest absolute Gasteiger partial charge is 0.310 e. The van der Waals surface area contributed by atoms with Gasteiger partial charge in [0.25, 0.3) is 0 Å². The van der Waals surface area contributed by atoms with E-state index in [1.807, 2.05) is 0 Å². The van der Waals surface area contributed by atoms with Crippen LogP contribution in [0.25, 0.3) is 144 Å². The lowest BCUT2D eigenvalue weighted by Gasteiger charge is -2.30. The van der Waals surface area contributed by atoms with Crippen LogP contribution >= 0.6 is 0 Å². The van der Waals surface area contributed by atoms with E-state index in [0.717, 1.165) is 67.6 Å². The van der Waals surface area contributed by atoms with Crippen LogP contribution in [0.2, 0.25) is 0 Å². The second kappa shape index (κ2) is 25.9. The minimum Gasteiger partial charge on any atom is -0.310 e. The van der Waals surface area contributed by atoms with E-state index in [1.54, 1.807) is 0 Å².